The van der Waals surface area contributed by atoms with E-state index >= 15 is 0 Å². The van der Waals surface area contributed by atoms with Crippen molar-refractivity contribution in [3.63, 3.8) is 0 Å². The first kappa shape index (κ1) is 18.4. The fourth-order valence-corrected chi connectivity index (χ4v) is 4.03. The van der Waals surface area contributed by atoms with Crippen molar-refractivity contribution >= 4 is 38.4 Å². The lowest BCUT2D eigenvalue weighted by Crippen LogP contribution is -2.15. The number of nitrogens with zero attached hydrogens (tertiary/aromatic N) is 1. The van der Waals surface area contributed by atoms with Crippen LogP contribution < -0.4 is 14.8 Å². The molecule has 150 valence electrons. The first-order valence-corrected chi connectivity index (χ1v) is 10.1. The van der Waals surface area contributed by atoms with Crippen LogP contribution in [0.15, 0.2) is 52.9 Å². The highest BCUT2D eigenvalue weighted by Gasteiger charge is 2.18. The zero-order valence-corrected chi connectivity index (χ0v) is 16.7. The van der Waals surface area contributed by atoms with Crippen molar-refractivity contribution in [3.05, 3.63) is 59.9 Å². The van der Waals surface area contributed by atoms with Crippen LogP contribution in [-0.4, -0.2) is 29.9 Å². The molecule has 0 spiro atoms. The second kappa shape index (κ2) is 7.31. The molecule has 1 aliphatic rings. The molecule has 7 nitrogen and oxygen atoms in total. The number of hydrogen-bond acceptors (Lipinski definition) is 7. The topological polar surface area (TPSA) is 90.7 Å². The van der Waals surface area contributed by atoms with Gasteiger partial charge in [-0.3, -0.25) is 14.9 Å². The molecule has 0 unspecified atom stereocenters. The molecule has 30 heavy (non-hydrogen) atoms. The molecule has 0 fully saturated rings. The van der Waals surface area contributed by atoms with Crippen LogP contribution in [0.2, 0.25) is 0 Å². The van der Waals surface area contributed by atoms with Crippen molar-refractivity contribution in [1.82, 2.24) is 4.98 Å². The Morgan fingerprint density at radius 2 is 1.73 bits per heavy atom. The molecule has 4 aromatic rings. The summed E-state index contributed by atoms with van der Waals surface area (Å²) >= 11 is 1.35. The first-order valence-electron chi connectivity index (χ1n) is 9.29. The third-order valence-electron chi connectivity index (χ3n) is 4.68. The highest BCUT2D eigenvalue weighted by atomic mass is 32.1. The second-order valence-corrected chi connectivity index (χ2v) is 7.76. The largest absolute Gasteiger partial charge is 0.486 e. The molecule has 2 aromatic heterocycles. The molecule has 5 rings (SSSR count). The summed E-state index contributed by atoms with van der Waals surface area (Å²) in [5.41, 5.74) is 2.13. The number of amides is 1. The van der Waals surface area contributed by atoms with E-state index in [1.807, 2.05) is 12.1 Å². The Bertz CT molecular complexity index is 1230. The molecule has 1 amide bonds. The van der Waals surface area contributed by atoms with Crippen LogP contribution >= 0.6 is 11.3 Å². The second-order valence-electron chi connectivity index (χ2n) is 6.73. The summed E-state index contributed by atoms with van der Waals surface area (Å²) in [6.07, 6.45) is 0. The average Bonchev–Trinajstić information content (AvgIpc) is 3.38. The minimum absolute atomic E-state index is 0.00382. The summed E-state index contributed by atoms with van der Waals surface area (Å²) in [5.74, 6) is 1.66. The summed E-state index contributed by atoms with van der Waals surface area (Å²) in [4.78, 5) is 28.5. The molecule has 2 aromatic carbocycles. The lowest BCUT2D eigenvalue weighted by molar-refractivity contribution is 0.0994. The van der Waals surface area contributed by atoms with Gasteiger partial charge in [-0.2, -0.15) is 0 Å². The van der Waals surface area contributed by atoms with Gasteiger partial charge in [-0.15, -0.1) is 0 Å². The Balaban J connectivity index is 1.35. The van der Waals surface area contributed by atoms with Crippen molar-refractivity contribution in [2.75, 3.05) is 18.5 Å². The maximum absolute atomic E-state index is 12.6. The number of benzene rings is 2. The van der Waals surface area contributed by atoms with Crippen molar-refractivity contribution in [2.45, 2.75) is 6.92 Å². The number of rotatable bonds is 4. The fraction of sp³-hybridized carbons (Fsp3) is 0.136. The molecule has 3 heterocycles. The molecule has 0 aliphatic carbocycles. The van der Waals surface area contributed by atoms with E-state index in [9.17, 15) is 9.59 Å². The maximum Gasteiger partial charge on any atom is 0.293 e. The minimum atomic E-state index is -0.391. The van der Waals surface area contributed by atoms with E-state index in [2.05, 4.69) is 10.3 Å². The Morgan fingerprint density at radius 3 is 2.47 bits per heavy atom. The SMILES string of the molecule is CC(=O)c1ccc(-c2ccc(C(=O)Nc3nc4cc5c(cc4s3)OCCO5)o2)cc1. The smallest absolute Gasteiger partial charge is 0.293 e. The first-order chi connectivity index (χ1) is 14.6. The quantitative estimate of drug-likeness (QED) is 0.478. The van der Waals surface area contributed by atoms with Crippen molar-refractivity contribution in [2.24, 2.45) is 0 Å². The Morgan fingerprint density at radius 1 is 1.00 bits per heavy atom. The molecule has 8 heteroatoms. The van der Waals surface area contributed by atoms with Gasteiger partial charge in [0.2, 0.25) is 0 Å². The molecule has 1 aliphatic heterocycles. The zero-order chi connectivity index (χ0) is 20.7. The fourth-order valence-electron chi connectivity index (χ4n) is 3.16. The van der Waals surface area contributed by atoms with Crippen LogP contribution in [0.1, 0.15) is 27.8 Å². The van der Waals surface area contributed by atoms with E-state index in [0.717, 1.165) is 15.8 Å². The number of Topliss-reactive ketones (excluding diaryl/α,β-unsaturated/α-hetero) is 1. The van der Waals surface area contributed by atoms with Crippen molar-refractivity contribution in [3.8, 4) is 22.8 Å². The monoisotopic (exact) mass is 420 g/mol. The van der Waals surface area contributed by atoms with Gasteiger partial charge in [0.15, 0.2) is 28.2 Å². The molecule has 0 atom stereocenters. The van der Waals surface area contributed by atoms with Gasteiger partial charge < -0.3 is 13.9 Å². The van der Waals surface area contributed by atoms with Crippen LogP contribution in [0.5, 0.6) is 11.5 Å². The van der Waals surface area contributed by atoms with Gasteiger partial charge in [-0.25, -0.2) is 4.98 Å². The summed E-state index contributed by atoms with van der Waals surface area (Å²) in [5, 5.41) is 3.23. The lowest BCUT2D eigenvalue weighted by atomic mass is 10.1. The summed E-state index contributed by atoms with van der Waals surface area (Å²) in [6, 6.07) is 14.0. The Hall–Kier alpha value is -3.65. The molecular formula is C22H16N2O5S. The van der Waals surface area contributed by atoms with Gasteiger partial charge in [0.1, 0.15) is 19.0 Å². The number of nitrogens with one attached hydrogen (secondary N) is 1. The van der Waals surface area contributed by atoms with Crippen LogP contribution in [0.25, 0.3) is 21.5 Å². The van der Waals surface area contributed by atoms with Crippen LogP contribution in [-0.2, 0) is 0 Å². The third-order valence-corrected chi connectivity index (χ3v) is 5.61. The predicted molar refractivity (Wildman–Crippen MR) is 113 cm³/mol. The van der Waals surface area contributed by atoms with E-state index in [0.29, 0.717) is 41.2 Å². The predicted octanol–water partition coefficient (Wildman–Crippen LogP) is 4.78. The molecule has 0 saturated heterocycles. The van der Waals surface area contributed by atoms with Gasteiger partial charge in [-0.1, -0.05) is 35.6 Å². The number of anilines is 1. The standard InChI is InChI=1S/C22H16N2O5S/c1-12(25)13-2-4-14(5-3-13)16-6-7-17(29-16)21(26)24-22-23-15-10-18-19(11-20(15)30-22)28-9-8-27-18/h2-7,10-11H,8-9H2,1H3,(H,23,24,26). The zero-order valence-electron chi connectivity index (χ0n) is 15.9. The van der Waals surface area contributed by atoms with Gasteiger partial charge in [0.25, 0.3) is 5.91 Å². The maximum atomic E-state index is 12.6. The average molecular weight is 420 g/mol. The number of hydrogen-bond donors (Lipinski definition) is 1. The normalized spacial score (nSPS) is 12.7. The number of carbonyl (C=O) groups is 2. The summed E-state index contributed by atoms with van der Waals surface area (Å²) in [6.45, 7) is 2.53. The summed E-state index contributed by atoms with van der Waals surface area (Å²) in [7, 11) is 0. The van der Waals surface area contributed by atoms with Crippen molar-refractivity contribution in [1.29, 1.82) is 0 Å². The van der Waals surface area contributed by atoms with Crippen molar-refractivity contribution < 1.29 is 23.5 Å². The number of carbonyl (C=O) groups excluding carboxylic acids is 2. The number of ether oxygens (including phenoxy) is 2. The van der Waals surface area contributed by atoms with Crippen LogP contribution in [0.3, 0.4) is 0 Å². The Kier molecular flexibility index (Phi) is 4.48. The van der Waals surface area contributed by atoms with E-state index in [-0.39, 0.29) is 11.5 Å². The molecule has 0 radical (unpaired) electrons. The lowest BCUT2D eigenvalue weighted by Gasteiger charge is -2.17. The highest BCUT2D eigenvalue weighted by Crippen LogP contribution is 2.38. The van der Waals surface area contributed by atoms with Gasteiger partial charge in [0.05, 0.1) is 10.2 Å². The number of fused-ring (bicyclic) bond motifs is 2. The van der Waals surface area contributed by atoms with Crippen LogP contribution in [0, 0.1) is 0 Å². The molecule has 0 saturated carbocycles. The van der Waals surface area contributed by atoms with E-state index in [1.165, 1.54) is 18.3 Å². The Labute approximate surface area is 175 Å². The van der Waals surface area contributed by atoms with Gasteiger partial charge in [-0.05, 0) is 19.1 Å². The number of ketones is 1. The van der Waals surface area contributed by atoms with E-state index < -0.39 is 5.91 Å². The van der Waals surface area contributed by atoms with Gasteiger partial charge >= 0.3 is 0 Å². The molecular weight excluding hydrogens is 404 g/mol. The van der Waals surface area contributed by atoms with Gasteiger partial charge in [0, 0.05) is 23.3 Å². The van der Waals surface area contributed by atoms with Crippen LogP contribution in [0.4, 0.5) is 5.13 Å². The molecule has 1 N–H and O–H groups in total. The summed E-state index contributed by atoms with van der Waals surface area (Å²) < 4.78 is 17.8. The minimum Gasteiger partial charge on any atom is -0.486 e. The number of thiazole rings is 1. The third kappa shape index (κ3) is 3.42. The van der Waals surface area contributed by atoms with E-state index in [4.69, 9.17) is 13.9 Å². The number of aromatic nitrogens is 1. The molecule has 0 bridgehead atoms. The number of furan rings is 1. The van der Waals surface area contributed by atoms with E-state index in [1.54, 1.807) is 36.4 Å². The highest BCUT2D eigenvalue weighted by molar-refractivity contribution is 7.22.